The average molecular weight is 609 g/mol. The van der Waals surface area contributed by atoms with Crippen molar-refractivity contribution in [2.24, 2.45) is 5.92 Å². The zero-order chi connectivity index (χ0) is 31.2. The number of nitrogen functional groups attached to an aromatic ring is 1. The Balaban J connectivity index is 1.29. The standard InChI is InChI=1S/C32H36N2O10/c1-13-16-9-20-31(41-3)42-8-7-34(20)19(16)10-22(43-13)44-21-12-32(40,14(2)35)11-17-24(21)30(39)26-25(28(17)37)27(36)15-5-4-6-18(33)23(15)29(26)38/h4-6,13,16,19-22,31,37,39-40H,7-12,33H2,1-3H3/t13-,16+,19-,20+,21-,22-,31-,32-/m0/s1. The molecule has 12 heteroatoms. The lowest BCUT2D eigenvalue weighted by molar-refractivity contribution is -0.245. The molecule has 3 saturated heterocycles. The molecule has 12 nitrogen and oxygen atoms in total. The second kappa shape index (κ2) is 10.3. The maximum absolute atomic E-state index is 13.7. The van der Waals surface area contributed by atoms with Gasteiger partial charge in [-0.15, -0.1) is 0 Å². The molecule has 0 unspecified atom stereocenters. The number of ether oxygens (including phenoxy) is 4. The summed E-state index contributed by atoms with van der Waals surface area (Å²) in [7, 11) is 1.63. The lowest BCUT2D eigenvalue weighted by atomic mass is 9.72. The monoisotopic (exact) mass is 608 g/mol. The van der Waals surface area contributed by atoms with E-state index in [0.29, 0.717) is 13.0 Å². The van der Waals surface area contributed by atoms with Gasteiger partial charge in [0.1, 0.15) is 17.1 Å². The predicted octanol–water partition coefficient (Wildman–Crippen LogP) is 1.98. The van der Waals surface area contributed by atoms with Gasteiger partial charge in [-0.1, -0.05) is 12.1 Å². The third kappa shape index (κ3) is 4.16. The molecule has 0 amide bonds. The number of phenolic OH excluding ortho intramolecular Hbond substituents is 2. The van der Waals surface area contributed by atoms with Crippen LogP contribution >= 0.6 is 0 Å². The molecule has 3 heterocycles. The van der Waals surface area contributed by atoms with Crippen LogP contribution in [0.5, 0.6) is 11.5 Å². The average Bonchev–Trinajstić information content (AvgIpc) is 3.37. The highest BCUT2D eigenvalue weighted by Crippen LogP contribution is 2.53. The summed E-state index contributed by atoms with van der Waals surface area (Å²) in [6.07, 6.45) is -1.84. The van der Waals surface area contributed by atoms with Crippen molar-refractivity contribution in [1.82, 2.24) is 4.90 Å². The molecule has 0 aromatic heterocycles. The molecule has 0 saturated carbocycles. The first-order valence-electron chi connectivity index (χ1n) is 15.0. The Morgan fingerprint density at radius 3 is 2.57 bits per heavy atom. The summed E-state index contributed by atoms with van der Waals surface area (Å²) >= 11 is 0. The van der Waals surface area contributed by atoms with Crippen LogP contribution in [0.25, 0.3) is 0 Å². The van der Waals surface area contributed by atoms with Gasteiger partial charge < -0.3 is 40.0 Å². The number of carbonyl (C=O) groups is 3. The lowest BCUT2D eigenvalue weighted by Gasteiger charge is -2.44. The molecule has 2 aromatic carbocycles. The van der Waals surface area contributed by atoms with Crippen LogP contribution in [0.2, 0.25) is 0 Å². The third-order valence-corrected chi connectivity index (χ3v) is 10.3. The second-order valence-electron chi connectivity index (χ2n) is 12.6. The highest BCUT2D eigenvalue weighted by molar-refractivity contribution is 6.32. The number of aliphatic hydroxyl groups is 1. The summed E-state index contributed by atoms with van der Waals surface area (Å²) in [4.78, 5) is 42.4. The van der Waals surface area contributed by atoms with Crippen molar-refractivity contribution in [1.29, 1.82) is 0 Å². The fourth-order valence-electron chi connectivity index (χ4n) is 8.14. The molecule has 5 aliphatic rings. The van der Waals surface area contributed by atoms with E-state index in [4.69, 9.17) is 24.7 Å². The summed E-state index contributed by atoms with van der Waals surface area (Å²) in [5.41, 5.74) is 3.36. The van der Waals surface area contributed by atoms with Crippen LogP contribution in [-0.2, 0) is 30.2 Å². The molecule has 0 radical (unpaired) electrons. The highest BCUT2D eigenvalue weighted by Gasteiger charge is 2.54. The first-order chi connectivity index (χ1) is 20.9. The van der Waals surface area contributed by atoms with Crippen molar-refractivity contribution >= 4 is 23.0 Å². The van der Waals surface area contributed by atoms with E-state index in [-0.39, 0.29) is 76.7 Å². The number of carbonyl (C=O) groups excluding carboxylic acids is 3. The predicted molar refractivity (Wildman–Crippen MR) is 153 cm³/mol. The molecule has 0 spiro atoms. The fraction of sp³-hybridized carbons (Fsp3) is 0.531. The quantitative estimate of drug-likeness (QED) is 0.250. The Labute approximate surface area is 253 Å². The van der Waals surface area contributed by atoms with Crippen molar-refractivity contribution in [2.45, 2.75) is 82.0 Å². The molecule has 3 aliphatic heterocycles. The van der Waals surface area contributed by atoms with Gasteiger partial charge in [0, 0.05) is 67.3 Å². The largest absolute Gasteiger partial charge is 0.507 e. The Bertz CT molecular complexity index is 1590. The van der Waals surface area contributed by atoms with Crippen LogP contribution in [-0.4, -0.2) is 94.2 Å². The van der Waals surface area contributed by atoms with Gasteiger partial charge >= 0.3 is 0 Å². The van der Waals surface area contributed by atoms with Crippen LogP contribution in [0, 0.1) is 5.92 Å². The molecule has 44 heavy (non-hydrogen) atoms. The zero-order valence-corrected chi connectivity index (χ0v) is 24.7. The molecule has 7 rings (SSSR count). The van der Waals surface area contributed by atoms with E-state index < -0.39 is 52.4 Å². The van der Waals surface area contributed by atoms with Crippen molar-refractivity contribution < 1.29 is 48.7 Å². The van der Waals surface area contributed by atoms with Crippen LogP contribution in [0.1, 0.15) is 82.2 Å². The minimum atomic E-state index is -1.96. The lowest BCUT2D eigenvalue weighted by Crippen LogP contribution is -2.54. The number of nitrogens with two attached hydrogens (primary N) is 1. The molecule has 2 aromatic rings. The van der Waals surface area contributed by atoms with Gasteiger partial charge in [-0.3, -0.25) is 19.3 Å². The van der Waals surface area contributed by atoms with Gasteiger partial charge in [0.2, 0.25) is 0 Å². The van der Waals surface area contributed by atoms with E-state index in [1.807, 2.05) is 6.92 Å². The molecule has 2 aliphatic carbocycles. The van der Waals surface area contributed by atoms with Crippen molar-refractivity contribution in [3.8, 4) is 11.5 Å². The number of methoxy groups -OCH3 is 1. The normalized spacial score (nSPS) is 34.5. The molecule has 0 bridgehead atoms. The van der Waals surface area contributed by atoms with E-state index >= 15 is 0 Å². The number of phenols is 2. The van der Waals surface area contributed by atoms with E-state index in [1.54, 1.807) is 7.11 Å². The maximum atomic E-state index is 13.7. The Hall–Kier alpha value is -3.39. The Morgan fingerprint density at radius 1 is 1.09 bits per heavy atom. The second-order valence-corrected chi connectivity index (χ2v) is 12.6. The zero-order valence-electron chi connectivity index (χ0n) is 24.7. The highest BCUT2D eigenvalue weighted by atomic mass is 16.7. The summed E-state index contributed by atoms with van der Waals surface area (Å²) in [6, 6.07) is 4.59. The molecule has 5 N–H and O–H groups in total. The number of morpholine rings is 1. The maximum Gasteiger partial charge on any atom is 0.200 e. The number of ketones is 3. The molecule has 8 atom stereocenters. The number of hydrogen-bond donors (Lipinski definition) is 4. The van der Waals surface area contributed by atoms with Crippen molar-refractivity contribution in [3.05, 3.63) is 51.6 Å². The number of rotatable bonds is 4. The Kier molecular flexibility index (Phi) is 6.88. The Morgan fingerprint density at radius 2 is 1.84 bits per heavy atom. The topological polar surface area (TPSA) is 178 Å². The summed E-state index contributed by atoms with van der Waals surface area (Å²) in [6.45, 7) is 4.46. The van der Waals surface area contributed by atoms with Gasteiger partial charge in [-0.25, -0.2) is 0 Å². The van der Waals surface area contributed by atoms with Gasteiger partial charge in [-0.2, -0.15) is 0 Å². The SMILES string of the molecule is CO[C@H]1OCCN2[C@@H]1C[C@@H]1[C@H](C)O[C@@H](O[C@H]3C[C@](O)(C(C)=O)Cc4c(O)c5c(c(O)c43)C(=O)c3c(N)cccc3C5=O)C[C@@H]12. The smallest absolute Gasteiger partial charge is 0.200 e. The number of anilines is 1. The van der Waals surface area contributed by atoms with Gasteiger partial charge in [-0.05, 0) is 26.3 Å². The molecular weight excluding hydrogens is 572 g/mol. The van der Waals surface area contributed by atoms with E-state index in [0.717, 1.165) is 13.0 Å². The van der Waals surface area contributed by atoms with Crippen LogP contribution in [0.4, 0.5) is 5.69 Å². The summed E-state index contributed by atoms with van der Waals surface area (Å²) < 4.78 is 24.2. The van der Waals surface area contributed by atoms with Crippen LogP contribution in [0.15, 0.2) is 18.2 Å². The van der Waals surface area contributed by atoms with Crippen molar-refractivity contribution in [3.63, 3.8) is 0 Å². The van der Waals surface area contributed by atoms with Gasteiger partial charge in [0.25, 0.3) is 0 Å². The molecule has 234 valence electrons. The number of nitrogens with zero attached hydrogens (tertiary/aromatic N) is 1. The third-order valence-electron chi connectivity index (χ3n) is 10.3. The number of fused-ring (bicyclic) bond motifs is 6. The van der Waals surface area contributed by atoms with Gasteiger partial charge in [0.15, 0.2) is 29.9 Å². The van der Waals surface area contributed by atoms with Crippen LogP contribution < -0.4 is 5.73 Å². The summed E-state index contributed by atoms with van der Waals surface area (Å²) in [5, 5.41) is 34.7. The summed E-state index contributed by atoms with van der Waals surface area (Å²) in [5.74, 6) is -2.90. The molecular formula is C32H36N2O10. The number of Topliss-reactive ketones (excluding diaryl/α,β-unsaturated/α-hetero) is 1. The minimum Gasteiger partial charge on any atom is -0.507 e. The number of aromatic hydroxyl groups is 2. The number of benzene rings is 2. The first kappa shape index (κ1) is 29.3. The van der Waals surface area contributed by atoms with Gasteiger partial charge in [0.05, 0.1) is 41.5 Å². The fourth-order valence-corrected chi connectivity index (χ4v) is 8.14. The van der Waals surface area contributed by atoms with E-state index in [2.05, 4.69) is 4.90 Å². The van der Waals surface area contributed by atoms with E-state index in [1.165, 1.54) is 25.1 Å². The first-order valence-corrected chi connectivity index (χ1v) is 15.0. The van der Waals surface area contributed by atoms with Crippen molar-refractivity contribution in [2.75, 3.05) is 26.0 Å². The van der Waals surface area contributed by atoms with E-state index in [9.17, 15) is 29.7 Å². The minimum absolute atomic E-state index is 0.00423. The molecule has 3 fully saturated rings. The van der Waals surface area contributed by atoms with Crippen LogP contribution in [0.3, 0.4) is 0 Å². The number of hydrogen-bond acceptors (Lipinski definition) is 12.